The molecule has 2 aromatic carbocycles. The molecule has 0 spiro atoms. The Bertz CT molecular complexity index is 524. The van der Waals surface area contributed by atoms with E-state index in [0.29, 0.717) is 5.37 Å². The predicted octanol–water partition coefficient (Wildman–Crippen LogP) is 3.97. The van der Waals surface area contributed by atoms with E-state index in [4.69, 9.17) is 0 Å². The van der Waals surface area contributed by atoms with E-state index < -0.39 is 0 Å². The summed E-state index contributed by atoms with van der Waals surface area (Å²) in [4.78, 5) is 3.45. The van der Waals surface area contributed by atoms with Crippen molar-refractivity contribution in [2.45, 2.75) is 10.3 Å². The molecule has 1 N–H and O–H groups in total. The molecule has 0 bridgehead atoms. The van der Waals surface area contributed by atoms with Crippen molar-refractivity contribution < 1.29 is 0 Å². The molecule has 0 radical (unpaired) electrons. The maximum absolute atomic E-state index is 3.55. The summed E-state index contributed by atoms with van der Waals surface area (Å²) in [6, 6.07) is 17.2. The fraction of sp³-hybridized carbons (Fsp3) is 0.200. The van der Waals surface area contributed by atoms with E-state index >= 15 is 0 Å². The van der Waals surface area contributed by atoms with Crippen LogP contribution in [0.3, 0.4) is 0 Å². The zero-order chi connectivity index (χ0) is 12.5. The molecule has 0 saturated heterocycles. The van der Waals surface area contributed by atoms with E-state index in [1.165, 1.54) is 21.8 Å². The zero-order valence-electron chi connectivity index (χ0n) is 10.6. The summed E-state index contributed by atoms with van der Waals surface area (Å²) < 4.78 is 0. The number of benzene rings is 2. The lowest BCUT2D eigenvalue weighted by Crippen LogP contribution is -2.08. The second kappa shape index (κ2) is 4.58. The van der Waals surface area contributed by atoms with E-state index in [1.807, 2.05) is 11.8 Å². The number of hydrogen-bond donors (Lipinski definition) is 1. The molecule has 0 aliphatic carbocycles. The Labute approximate surface area is 112 Å². The molecule has 1 aliphatic rings. The van der Waals surface area contributed by atoms with Crippen LogP contribution in [0, 0.1) is 0 Å². The Kier molecular flexibility index (Phi) is 2.92. The van der Waals surface area contributed by atoms with Crippen LogP contribution in [-0.2, 0) is 0 Å². The van der Waals surface area contributed by atoms with Gasteiger partial charge in [0.25, 0.3) is 0 Å². The van der Waals surface area contributed by atoms with Gasteiger partial charge in [0.2, 0.25) is 0 Å². The van der Waals surface area contributed by atoms with Gasteiger partial charge in [0.15, 0.2) is 0 Å². The van der Waals surface area contributed by atoms with Crippen LogP contribution in [0.1, 0.15) is 10.9 Å². The van der Waals surface area contributed by atoms with Gasteiger partial charge in [0, 0.05) is 30.4 Å². The summed E-state index contributed by atoms with van der Waals surface area (Å²) in [6.07, 6.45) is 0. The highest BCUT2D eigenvalue weighted by Gasteiger charge is 2.21. The highest BCUT2D eigenvalue weighted by atomic mass is 32.2. The van der Waals surface area contributed by atoms with E-state index in [0.717, 1.165) is 0 Å². The Balaban J connectivity index is 1.82. The van der Waals surface area contributed by atoms with Crippen molar-refractivity contribution in [3.05, 3.63) is 54.1 Å². The molecule has 2 aromatic rings. The van der Waals surface area contributed by atoms with Gasteiger partial charge in [-0.1, -0.05) is 36.0 Å². The lowest BCUT2D eigenvalue weighted by molar-refractivity contribution is 1.10. The van der Waals surface area contributed by atoms with Crippen LogP contribution in [0.2, 0.25) is 0 Å². The standard InChI is InChI=1S/C15H16N2S/c1-17(2)12-9-7-11(8-10-12)15-16-13-5-3-4-6-14(13)18-15/h3-10,15-16H,1-2H3. The lowest BCUT2D eigenvalue weighted by atomic mass is 10.2. The maximum Gasteiger partial charge on any atom is 0.103 e. The molecule has 0 amide bonds. The largest absolute Gasteiger partial charge is 0.378 e. The van der Waals surface area contributed by atoms with E-state index in [9.17, 15) is 0 Å². The van der Waals surface area contributed by atoms with Gasteiger partial charge in [0.1, 0.15) is 5.37 Å². The van der Waals surface area contributed by atoms with Crippen molar-refractivity contribution in [1.82, 2.24) is 0 Å². The number of hydrogen-bond acceptors (Lipinski definition) is 3. The topological polar surface area (TPSA) is 15.3 Å². The lowest BCUT2D eigenvalue weighted by Gasteiger charge is -2.15. The van der Waals surface area contributed by atoms with Gasteiger partial charge in [-0.2, -0.15) is 0 Å². The predicted molar refractivity (Wildman–Crippen MR) is 79.4 cm³/mol. The van der Waals surface area contributed by atoms with Crippen molar-refractivity contribution in [1.29, 1.82) is 0 Å². The molecule has 0 fully saturated rings. The smallest absolute Gasteiger partial charge is 0.103 e. The first-order valence-corrected chi connectivity index (χ1v) is 6.91. The van der Waals surface area contributed by atoms with Gasteiger partial charge in [-0.15, -0.1) is 0 Å². The highest BCUT2D eigenvalue weighted by Crippen LogP contribution is 2.46. The average molecular weight is 256 g/mol. The summed E-state index contributed by atoms with van der Waals surface area (Å²) in [7, 11) is 4.13. The molecule has 1 unspecified atom stereocenters. The monoisotopic (exact) mass is 256 g/mol. The number of fused-ring (bicyclic) bond motifs is 1. The second-order valence-electron chi connectivity index (χ2n) is 4.62. The molecule has 92 valence electrons. The molecule has 1 heterocycles. The van der Waals surface area contributed by atoms with Crippen molar-refractivity contribution in [2.75, 3.05) is 24.3 Å². The Morgan fingerprint density at radius 2 is 1.72 bits per heavy atom. The van der Waals surface area contributed by atoms with Gasteiger partial charge in [-0.05, 0) is 29.8 Å². The third kappa shape index (κ3) is 2.06. The zero-order valence-corrected chi connectivity index (χ0v) is 11.4. The van der Waals surface area contributed by atoms with Gasteiger partial charge in [-0.3, -0.25) is 0 Å². The minimum absolute atomic E-state index is 0.332. The van der Waals surface area contributed by atoms with Crippen molar-refractivity contribution in [3.8, 4) is 0 Å². The minimum Gasteiger partial charge on any atom is -0.378 e. The number of thioether (sulfide) groups is 1. The van der Waals surface area contributed by atoms with E-state index in [2.05, 4.69) is 72.8 Å². The summed E-state index contributed by atoms with van der Waals surface area (Å²) in [6.45, 7) is 0. The summed E-state index contributed by atoms with van der Waals surface area (Å²) in [5.74, 6) is 0. The molecule has 3 rings (SSSR count). The molecule has 2 nitrogen and oxygen atoms in total. The van der Waals surface area contributed by atoms with Crippen molar-refractivity contribution >= 4 is 23.1 Å². The first-order chi connectivity index (χ1) is 8.74. The van der Waals surface area contributed by atoms with Crippen molar-refractivity contribution in [2.24, 2.45) is 0 Å². The fourth-order valence-corrected chi connectivity index (χ4v) is 3.23. The van der Waals surface area contributed by atoms with Gasteiger partial charge in [0.05, 0.1) is 0 Å². The first-order valence-electron chi connectivity index (χ1n) is 6.03. The van der Waals surface area contributed by atoms with Gasteiger partial charge < -0.3 is 10.2 Å². The number of rotatable bonds is 2. The van der Waals surface area contributed by atoms with Crippen LogP contribution in [0.15, 0.2) is 53.4 Å². The molecule has 3 heteroatoms. The maximum atomic E-state index is 3.55. The Hall–Kier alpha value is -1.61. The quantitative estimate of drug-likeness (QED) is 0.875. The summed E-state index contributed by atoms with van der Waals surface area (Å²) in [5, 5.41) is 3.88. The molecule has 18 heavy (non-hydrogen) atoms. The summed E-state index contributed by atoms with van der Waals surface area (Å²) in [5.41, 5.74) is 3.80. The van der Waals surface area contributed by atoms with Crippen LogP contribution in [0.4, 0.5) is 11.4 Å². The Morgan fingerprint density at radius 3 is 2.39 bits per heavy atom. The SMILES string of the molecule is CN(C)c1ccc(C2Nc3ccccc3S2)cc1. The van der Waals surface area contributed by atoms with Crippen LogP contribution in [0.25, 0.3) is 0 Å². The van der Waals surface area contributed by atoms with Gasteiger partial charge >= 0.3 is 0 Å². The normalized spacial score (nSPS) is 17.1. The first kappa shape index (κ1) is 11.5. The fourth-order valence-electron chi connectivity index (χ4n) is 2.08. The molecule has 1 atom stereocenters. The third-order valence-electron chi connectivity index (χ3n) is 3.13. The van der Waals surface area contributed by atoms with Crippen LogP contribution in [-0.4, -0.2) is 14.1 Å². The molecule has 0 saturated carbocycles. The second-order valence-corrected chi connectivity index (χ2v) is 5.77. The number of nitrogens with zero attached hydrogens (tertiary/aromatic N) is 1. The average Bonchev–Trinajstić information content (AvgIpc) is 2.82. The number of para-hydroxylation sites is 1. The third-order valence-corrected chi connectivity index (χ3v) is 4.37. The van der Waals surface area contributed by atoms with Crippen molar-refractivity contribution in [3.63, 3.8) is 0 Å². The van der Waals surface area contributed by atoms with Crippen LogP contribution >= 0.6 is 11.8 Å². The van der Waals surface area contributed by atoms with E-state index in [1.54, 1.807) is 0 Å². The highest BCUT2D eigenvalue weighted by molar-refractivity contribution is 8.00. The van der Waals surface area contributed by atoms with Gasteiger partial charge in [-0.25, -0.2) is 0 Å². The molecular weight excluding hydrogens is 240 g/mol. The molecule has 1 aliphatic heterocycles. The van der Waals surface area contributed by atoms with E-state index in [-0.39, 0.29) is 0 Å². The number of nitrogens with one attached hydrogen (secondary N) is 1. The minimum atomic E-state index is 0.332. The van der Waals surface area contributed by atoms with Crippen LogP contribution in [0.5, 0.6) is 0 Å². The number of anilines is 2. The van der Waals surface area contributed by atoms with Crippen LogP contribution < -0.4 is 10.2 Å². The molecular formula is C15H16N2S. The summed E-state index contributed by atoms with van der Waals surface area (Å²) >= 11 is 1.88. The molecule has 0 aromatic heterocycles. The Morgan fingerprint density at radius 1 is 1.00 bits per heavy atom.